The van der Waals surface area contributed by atoms with Crippen LogP contribution < -0.4 is 0 Å². The molecule has 1 aliphatic heterocycles. The number of nitrogens with zero attached hydrogens (tertiary/aromatic N) is 1. The third-order valence-corrected chi connectivity index (χ3v) is 3.23. The smallest absolute Gasteiger partial charge is 0.254 e. The van der Waals surface area contributed by atoms with Gasteiger partial charge in [-0.3, -0.25) is 4.79 Å². The van der Waals surface area contributed by atoms with Gasteiger partial charge in [-0.25, -0.2) is 4.39 Å². The predicted molar refractivity (Wildman–Crippen MR) is 66.4 cm³/mol. The van der Waals surface area contributed by atoms with Gasteiger partial charge in [-0.15, -0.1) is 12.6 Å². The summed E-state index contributed by atoms with van der Waals surface area (Å²) in [5.74, 6) is -0.705. The molecule has 1 aromatic carbocycles. The molecule has 1 saturated heterocycles. The normalized spacial score (nSPS) is 19.9. The SMILES string of the molecule is O=C(c1ccc(F)c(S)c1)N1CCOCC1CO. The molecule has 1 aliphatic rings. The number of halogens is 1. The number of carbonyl (C=O) groups excluding carboxylic acids is 1. The highest BCUT2D eigenvalue weighted by molar-refractivity contribution is 7.80. The van der Waals surface area contributed by atoms with E-state index in [1.165, 1.54) is 18.2 Å². The van der Waals surface area contributed by atoms with Crippen molar-refractivity contribution >= 4 is 18.5 Å². The summed E-state index contributed by atoms with van der Waals surface area (Å²) >= 11 is 3.95. The Hall–Kier alpha value is -1.11. The van der Waals surface area contributed by atoms with Crippen LogP contribution in [0.15, 0.2) is 23.1 Å². The number of ether oxygens (including phenoxy) is 1. The first-order valence-corrected chi connectivity index (χ1v) is 6.06. The zero-order valence-corrected chi connectivity index (χ0v) is 10.6. The number of aliphatic hydroxyl groups is 1. The predicted octanol–water partition coefficient (Wildman–Crippen LogP) is 0.948. The Balaban J connectivity index is 2.21. The molecule has 0 radical (unpaired) electrons. The van der Waals surface area contributed by atoms with Crippen molar-refractivity contribution in [3.63, 3.8) is 0 Å². The van der Waals surface area contributed by atoms with Gasteiger partial charge < -0.3 is 14.7 Å². The zero-order chi connectivity index (χ0) is 13.1. The Morgan fingerprint density at radius 1 is 1.61 bits per heavy atom. The zero-order valence-electron chi connectivity index (χ0n) is 9.67. The van der Waals surface area contributed by atoms with Gasteiger partial charge in [-0.05, 0) is 18.2 Å². The molecule has 0 bridgehead atoms. The van der Waals surface area contributed by atoms with E-state index in [1.807, 2.05) is 0 Å². The van der Waals surface area contributed by atoms with Gasteiger partial charge in [0.25, 0.3) is 5.91 Å². The molecule has 4 nitrogen and oxygen atoms in total. The Labute approximate surface area is 110 Å². The van der Waals surface area contributed by atoms with Crippen LogP contribution in [0.1, 0.15) is 10.4 Å². The maximum atomic E-state index is 13.1. The Morgan fingerprint density at radius 2 is 2.39 bits per heavy atom. The van der Waals surface area contributed by atoms with Gasteiger partial charge in [-0.1, -0.05) is 0 Å². The fourth-order valence-electron chi connectivity index (χ4n) is 1.88. The van der Waals surface area contributed by atoms with Crippen LogP contribution >= 0.6 is 12.6 Å². The summed E-state index contributed by atoms with van der Waals surface area (Å²) in [6, 6.07) is 3.68. The number of hydrogen-bond donors (Lipinski definition) is 2. The first kappa shape index (κ1) is 13.3. The van der Waals surface area contributed by atoms with Crippen LogP contribution in [-0.4, -0.2) is 48.3 Å². The monoisotopic (exact) mass is 271 g/mol. The summed E-state index contributed by atoms with van der Waals surface area (Å²) in [5, 5.41) is 9.21. The molecule has 1 heterocycles. The van der Waals surface area contributed by atoms with E-state index < -0.39 is 5.82 Å². The van der Waals surface area contributed by atoms with E-state index in [0.717, 1.165) is 0 Å². The molecule has 1 unspecified atom stereocenters. The second-order valence-electron chi connectivity index (χ2n) is 4.08. The molecule has 0 saturated carbocycles. The van der Waals surface area contributed by atoms with E-state index in [1.54, 1.807) is 4.90 Å². The van der Waals surface area contributed by atoms with E-state index >= 15 is 0 Å². The van der Waals surface area contributed by atoms with Crippen LogP contribution in [0.3, 0.4) is 0 Å². The van der Waals surface area contributed by atoms with Gasteiger partial charge in [0.1, 0.15) is 5.82 Å². The van der Waals surface area contributed by atoms with Gasteiger partial charge >= 0.3 is 0 Å². The largest absolute Gasteiger partial charge is 0.394 e. The lowest BCUT2D eigenvalue weighted by atomic mass is 10.1. The molecule has 1 fully saturated rings. The second-order valence-corrected chi connectivity index (χ2v) is 4.56. The summed E-state index contributed by atoms with van der Waals surface area (Å²) in [5.41, 5.74) is 0.363. The van der Waals surface area contributed by atoms with Crippen molar-refractivity contribution in [2.24, 2.45) is 0 Å². The van der Waals surface area contributed by atoms with Gasteiger partial charge in [0.05, 0.1) is 25.9 Å². The van der Waals surface area contributed by atoms with E-state index in [9.17, 15) is 14.3 Å². The molecule has 18 heavy (non-hydrogen) atoms. The highest BCUT2D eigenvalue weighted by Gasteiger charge is 2.27. The minimum absolute atomic E-state index is 0.134. The minimum Gasteiger partial charge on any atom is -0.394 e. The summed E-state index contributed by atoms with van der Waals surface area (Å²) < 4.78 is 18.3. The summed E-state index contributed by atoms with van der Waals surface area (Å²) in [4.78, 5) is 13.9. The number of thiol groups is 1. The van der Waals surface area contributed by atoms with E-state index in [-0.39, 0.29) is 23.5 Å². The lowest BCUT2D eigenvalue weighted by Crippen LogP contribution is -2.50. The van der Waals surface area contributed by atoms with Crippen LogP contribution in [0.2, 0.25) is 0 Å². The molecule has 1 aromatic rings. The molecule has 1 N–H and O–H groups in total. The highest BCUT2D eigenvalue weighted by atomic mass is 32.1. The fourth-order valence-corrected chi connectivity index (χ4v) is 2.10. The molecule has 98 valence electrons. The standard InChI is InChI=1S/C12H14FNO3S/c13-10-2-1-8(5-11(10)18)12(16)14-3-4-17-7-9(14)6-15/h1-2,5,9,15,18H,3-4,6-7H2. The van der Waals surface area contributed by atoms with Crippen molar-refractivity contribution in [1.29, 1.82) is 0 Å². The Kier molecular flexibility index (Phi) is 4.21. The van der Waals surface area contributed by atoms with Crippen LogP contribution in [-0.2, 0) is 4.74 Å². The van der Waals surface area contributed by atoms with Crippen molar-refractivity contribution < 1.29 is 19.0 Å². The summed E-state index contributed by atoms with van der Waals surface area (Å²) in [7, 11) is 0. The Morgan fingerprint density at radius 3 is 3.06 bits per heavy atom. The molecule has 6 heteroatoms. The van der Waals surface area contributed by atoms with Gasteiger partial charge in [0.15, 0.2) is 0 Å². The molecular weight excluding hydrogens is 257 g/mol. The van der Waals surface area contributed by atoms with Gasteiger partial charge in [0.2, 0.25) is 0 Å². The molecule has 1 amide bonds. The van der Waals surface area contributed by atoms with Crippen molar-refractivity contribution in [3.8, 4) is 0 Å². The lowest BCUT2D eigenvalue weighted by Gasteiger charge is -2.34. The van der Waals surface area contributed by atoms with Gasteiger partial charge in [-0.2, -0.15) is 0 Å². The minimum atomic E-state index is -0.462. The maximum Gasteiger partial charge on any atom is 0.254 e. The number of benzene rings is 1. The molecule has 2 rings (SSSR count). The molecule has 1 atom stereocenters. The average Bonchev–Trinajstić information content (AvgIpc) is 2.41. The first-order valence-electron chi connectivity index (χ1n) is 5.61. The molecule has 0 aromatic heterocycles. The molecule has 0 spiro atoms. The van der Waals surface area contributed by atoms with Crippen molar-refractivity contribution in [2.75, 3.05) is 26.4 Å². The Bertz CT molecular complexity index is 455. The fraction of sp³-hybridized carbons (Fsp3) is 0.417. The molecular formula is C12H14FNO3S. The number of carbonyl (C=O) groups is 1. The average molecular weight is 271 g/mol. The van der Waals surface area contributed by atoms with Crippen molar-refractivity contribution in [1.82, 2.24) is 4.90 Å². The third-order valence-electron chi connectivity index (χ3n) is 2.89. The summed E-state index contributed by atoms with van der Waals surface area (Å²) in [6.45, 7) is 1.03. The lowest BCUT2D eigenvalue weighted by molar-refractivity contribution is -0.0184. The number of rotatable bonds is 2. The van der Waals surface area contributed by atoms with Crippen molar-refractivity contribution in [3.05, 3.63) is 29.6 Å². The van der Waals surface area contributed by atoms with E-state index in [4.69, 9.17) is 4.74 Å². The maximum absolute atomic E-state index is 13.1. The number of amides is 1. The van der Waals surface area contributed by atoms with Crippen LogP contribution in [0.5, 0.6) is 0 Å². The molecule has 0 aliphatic carbocycles. The quantitative estimate of drug-likeness (QED) is 0.787. The number of aliphatic hydroxyl groups excluding tert-OH is 1. The van der Waals surface area contributed by atoms with E-state index in [2.05, 4.69) is 12.6 Å². The van der Waals surface area contributed by atoms with Crippen LogP contribution in [0.25, 0.3) is 0 Å². The van der Waals surface area contributed by atoms with Crippen LogP contribution in [0, 0.1) is 5.82 Å². The second kappa shape index (κ2) is 5.69. The highest BCUT2D eigenvalue weighted by Crippen LogP contribution is 2.17. The third kappa shape index (κ3) is 2.66. The number of morpholine rings is 1. The summed E-state index contributed by atoms with van der Waals surface area (Å²) in [6.07, 6.45) is 0. The van der Waals surface area contributed by atoms with E-state index in [0.29, 0.717) is 25.3 Å². The van der Waals surface area contributed by atoms with Crippen LogP contribution in [0.4, 0.5) is 4.39 Å². The van der Waals surface area contributed by atoms with Gasteiger partial charge in [0, 0.05) is 17.0 Å². The topological polar surface area (TPSA) is 49.8 Å². The first-order chi connectivity index (χ1) is 8.63. The van der Waals surface area contributed by atoms with Crippen molar-refractivity contribution in [2.45, 2.75) is 10.9 Å². The number of hydrogen-bond acceptors (Lipinski definition) is 4.